The Morgan fingerprint density at radius 2 is 1.35 bits per heavy atom. The van der Waals surface area contributed by atoms with E-state index in [4.69, 9.17) is 16.9 Å². The van der Waals surface area contributed by atoms with E-state index >= 15 is 0 Å². The van der Waals surface area contributed by atoms with Crippen molar-refractivity contribution in [2.24, 2.45) is 11.7 Å². The van der Waals surface area contributed by atoms with Gasteiger partial charge in [0.2, 0.25) is 0 Å². The number of rotatable bonds is 3. The van der Waals surface area contributed by atoms with E-state index < -0.39 is 0 Å². The molecule has 0 atom stereocenters. The summed E-state index contributed by atoms with van der Waals surface area (Å²) in [5, 5.41) is 9.63. The Balaban J connectivity index is 2.26. The molecule has 6 N–H and O–H groups in total. The molecule has 2 aromatic rings. The smallest absolute Gasteiger partial charge is 0.0818 e. The van der Waals surface area contributed by atoms with Gasteiger partial charge in [0.1, 0.15) is 0 Å². The number of hydrogen-bond acceptors (Lipinski definition) is 5. The Morgan fingerprint density at radius 1 is 0.882 bits per heavy atom. The quantitative estimate of drug-likeness (QED) is 0.476. The second kappa shape index (κ2) is 4.84. The first-order valence-electron chi connectivity index (χ1n) is 5.11. The molecule has 0 saturated carbocycles. The molecule has 0 bridgehead atoms. The third-order valence-electron chi connectivity index (χ3n) is 2.52. The zero-order valence-electron chi connectivity index (χ0n) is 9.17. The maximum absolute atomic E-state index is 9.04. The predicted molar refractivity (Wildman–Crippen MR) is 68.1 cm³/mol. The Bertz CT molecular complexity index is 479. The minimum absolute atomic E-state index is 0.536. The van der Waals surface area contributed by atoms with E-state index in [0.717, 1.165) is 16.8 Å². The Labute approximate surface area is 99.2 Å². The third-order valence-corrected chi connectivity index (χ3v) is 2.52. The fourth-order valence-electron chi connectivity index (χ4n) is 1.57. The minimum Gasteiger partial charge on any atom is -0.324 e. The van der Waals surface area contributed by atoms with Crippen molar-refractivity contribution >= 4 is 11.4 Å². The Hall–Kier alpha value is -2.08. The molecule has 0 unspecified atom stereocenters. The van der Waals surface area contributed by atoms with Crippen molar-refractivity contribution in [1.82, 2.24) is 0 Å². The van der Waals surface area contributed by atoms with E-state index in [9.17, 15) is 0 Å². The van der Waals surface area contributed by atoms with Crippen LogP contribution in [-0.2, 0) is 0 Å². The summed E-state index contributed by atoms with van der Waals surface area (Å²) in [5.74, 6) is 10.5. The van der Waals surface area contributed by atoms with E-state index in [-0.39, 0.29) is 0 Å². The van der Waals surface area contributed by atoms with Crippen LogP contribution < -0.4 is 22.3 Å². The van der Waals surface area contributed by atoms with Gasteiger partial charge in [-0.3, -0.25) is 11.0 Å². The average Bonchev–Trinajstić information content (AvgIpc) is 2.39. The molecule has 5 nitrogen and oxygen atoms in total. The second-order valence-corrected chi connectivity index (χ2v) is 3.61. The molecular formula is C12H14N4O. The molecule has 0 fully saturated rings. The lowest BCUT2D eigenvalue weighted by molar-refractivity contribution is 0.258. The number of anilines is 2. The molecule has 0 heterocycles. The summed E-state index contributed by atoms with van der Waals surface area (Å²) in [6, 6.07) is 15.0. The molecule has 2 aromatic carbocycles. The standard InChI is InChI=1S/C12H14N4O/c13-15-11-5-1-9(2-6-11)10-3-7-12(8-4-10)16(14)17/h1-8,15,17H,13-14H2. The summed E-state index contributed by atoms with van der Waals surface area (Å²) in [6.45, 7) is 0. The average molecular weight is 230 g/mol. The zero-order chi connectivity index (χ0) is 12.3. The van der Waals surface area contributed by atoms with Gasteiger partial charge in [-0.2, -0.15) is 5.17 Å². The van der Waals surface area contributed by atoms with Crippen molar-refractivity contribution in [3.63, 3.8) is 0 Å². The van der Waals surface area contributed by atoms with E-state index in [1.807, 2.05) is 36.4 Å². The van der Waals surface area contributed by atoms with Gasteiger partial charge in [-0.1, -0.05) is 24.3 Å². The van der Waals surface area contributed by atoms with Crippen LogP contribution >= 0.6 is 0 Å². The number of benzene rings is 2. The summed E-state index contributed by atoms with van der Waals surface area (Å²) in [7, 11) is 0. The van der Waals surface area contributed by atoms with Gasteiger partial charge in [-0.05, 0) is 35.4 Å². The van der Waals surface area contributed by atoms with Crippen LogP contribution in [0.4, 0.5) is 11.4 Å². The highest BCUT2D eigenvalue weighted by atomic mass is 16.5. The minimum atomic E-state index is 0.536. The first-order chi connectivity index (χ1) is 8.20. The second-order valence-electron chi connectivity index (χ2n) is 3.61. The first kappa shape index (κ1) is 11.4. The van der Waals surface area contributed by atoms with Crippen LogP contribution in [0.15, 0.2) is 48.5 Å². The molecular weight excluding hydrogens is 216 g/mol. The molecule has 0 radical (unpaired) electrons. The van der Waals surface area contributed by atoms with Crippen molar-refractivity contribution in [3.8, 4) is 11.1 Å². The SMILES string of the molecule is NNc1ccc(-c2ccc(N(N)O)cc2)cc1. The molecule has 88 valence electrons. The van der Waals surface area contributed by atoms with Crippen molar-refractivity contribution < 1.29 is 5.21 Å². The van der Waals surface area contributed by atoms with E-state index in [1.165, 1.54) is 0 Å². The van der Waals surface area contributed by atoms with Gasteiger partial charge in [0.25, 0.3) is 0 Å². The molecule has 0 saturated heterocycles. The van der Waals surface area contributed by atoms with Gasteiger partial charge in [0.05, 0.1) is 5.69 Å². The maximum Gasteiger partial charge on any atom is 0.0818 e. The first-order valence-corrected chi connectivity index (χ1v) is 5.11. The van der Waals surface area contributed by atoms with Crippen LogP contribution in [0.5, 0.6) is 0 Å². The number of nitrogen functional groups attached to an aromatic ring is 1. The normalized spacial score (nSPS) is 10.1. The summed E-state index contributed by atoms with van der Waals surface area (Å²) in [6.07, 6.45) is 0. The summed E-state index contributed by atoms with van der Waals surface area (Å²) in [4.78, 5) is 0. The van der Waals surface area contributed by atoms with Crippen LogP contribution in [0.1, 0.15) is 0 Å². The van der Waals surface area contributed by atoms with Crippen LogP contribution in [0.2, 0.25) is 0 Å². The van der Waals surface area contributed by atoms with Gasteiger partial charge >= 0.3 is 0 Å². The van der Waals surface area contributed by atoms with Crippen LogP contribution in [0.25, 0.3) is 11.1 Å². The van der Waals surface area contributed by atoms with Crippen LogP contribution in [0, 0.1) is 0 Å². The number of nitrogens with two attached hydrogens (primary N) is 2. The summed E-state index contributed by atoms with van der Waals surface area (Å²) in [5.41, 5.74) is 6.07. The molecule has 0 spiro atoms. The summed E-state index contributed by atoms with van der Waals surface area (Å²) >= 11 is 0. The van der Waals surface area contributed by atoms with Crippen molar-refractivity contribution in [3.05, 3.63) is 48.5 Å². The van der Waals surface area contributed by atoms with Gasteiger partial charge in [-0.25, -0.2) is 5.84 Å². The van der Waals surface area contributed by atoms with E-state index in [1.54, 1.807) is 12.1 Å². The lowest BCUT2D eigenvalue weighted by Crippen LogP contribution is -2.25. The number of nitrogens with one attached hydrogen (secondary N) is 1. The lowest BCUT2D eigenvalue weighted by Gasteiger charge is -2.10. The monoisotopic (exact) mass is 230 g/mol. The van der Waals surface area contributed by atoms with Gasteiger partial charge in [-0.15, -0.1) is 0 Å². The molecule has 0 aliphatic carbocycles. The molecule has 0 aliphatic rings. The van der Waals surface area contributed by atoms with Crippen LogP contribution in [-0.4, -0.2) is 5.21 Å². The number of hydrogen-bond donors (Lipinski definition) is 4. The van der Waals surface area contributed by atoms with Crippen molar-refractivity contribution in [2.75, 3.05) is 10.6 Å². The predicted octanol–water partition coefficient (Wildman–Crippen LogP) is 1.71. The molecule has 5 heteroatoms. The topological polar surface area (TPSA) is 87.5 Å². The van der Waals surface area contributed by atoms with Crippen molar-refractivity contribution in [1.29, 1.82) is 0 Å². The van der Waals surface area contributed by atoms with Gasteiger partial charge in [0, 0.05) is 5.69 Å². The largest absolute Gasteiger partial charge is 0.324 e. The molecule has 0 aromatic heterocycles. The van der Waals surface area contributed by atoms with Gasteiger partial charge < -0.3 is 5.43 Å². The lowest BCUT2D eigenvalue weighted by atomic mass is 10.1. The van der Waals surface area contributed by atoms with E-state index in [2.05, 4.69) is 5.43 Å². The fourth-order valence-corrected chi connectivity index (χ4v) is 1.57. The van der Waals surface area contributed by atoms with Gasteiger partial charge in [0.15, 0.2) is 0 Å². The fraction of sp³-hybridized carbons (Fsp3) is 0. The highest BCUT2D eigenvalue weighted by molar-refractivity contribution is 5.67. The summed E-state index contributed by atoms with van der Waals surface area (Å²) < 4.78 is 0. The third kappa shape index (κ3) is 2.54. The zero-order valence-corrected chi connectivity index (χ0v) is 9.17. The van der Waals surface area contributed by atoms with Crippen LogP contribution in [0.3, 0.4) is 0 Å². The molecule has 0 amide bonds. The Morgan fingerprint density at radius 3 is 1.76 bits per heavy atom. The Kier molecular flexibility index (Phi) is 3.24. The number of hydrazine groups is 2. The highest BCUT2D eigenvalue weighted by Crippen LogP contribution is 2.23. The maximum atomic E-state index is 9.04. The molecule has 2 rings (SSSR count). The molecule has 0 aliphatic heterocycles. The van der Waals surface area contributed by atoms with Crippen molar-refractivity contribution in [2.45, 2.75) is 0 Å². The molecule has 17 heavy (non-hydrogen) atoms. The number of nitrogens with zero attached hydrogens (tertiary/aromatic N) is 1. The highest BCUT2D eigenvalue weighted by Gasteiger charge is 2.00. The van der Waals surface area contributed by atoms with E-state index in [0.29, 0.717) is 10.9 Å².